The van der Waals surface area contributed by atoms with Gasteiger partial charge in [-0.1, -0.05) is 53.2 Å². The smallest absolute Gasteiger partial charge is 0.343 e. The Kier molecular flexibility index (Phi) is 8.29. The molecule has 1 aliphatic heterocycles. The number of carbonyl (C=O) groups excluding carboxylic acids is 2. The van der Waals surface area contributed by atoms with E-state index in [9.17, 15) is 9.59 Å². The van der Waals surface area contributed by atoms with E-state index in [-0.39, 0.29) is 18.1 Å². The van der Waals surface area contributed by atoms with Crippen molar-refractivity contribution in [3.8, 4) is 5.75 Å². The number of hydrogen-bond acceptors (Lipinski definition) is 5. The van der Waals surface area contributed by atoms with E-state index < -0.39 is 11.4 Å². The van der Waals surface area contributed by atoms with E-state index in [0.717, 1.165) is 5.57 Å². The van der Waals surface area contributed by atoms with Crippen LogP contribution in [0.5, 0.6) is 5.75 Å². The van der Waals surface area contributed by atoms with E-state index in [4.69, 9.17) is 15.2 Å². The van der Waals surface area contributed by atoms with Crippen LogP contribution in [0, 0.1) is 5.41 Å². The molecular weight excluding hydrogens is 356 g/mol. The molecule has 0 fully saturated rings. The summed E-state index contributed by atoms with van der Waals surface area (Å²) in [6.45, 7) is 11.7. The Morgan fingerprint density at radius 1 is 1.29 bits per heavy atom. The summed E-state index contributed by atoms with van der Waals surface area (Å²) >= 11 is 0. The summed E-state index contributed by atoms with van der Waals surface area (Å²) < 4.78 is 10.6. The number of allylic oxidation sites excluding steroid dienone is 3. The van der Waals surface area contributed by atoms with Crippen molar-refractivity contribution in [2.45, 2.75) is 48.0 Å². The van der Waals surface area contributed by atoms with E-state index in [1.807, 2.05) is 19.1 Å². The van der Waals surface area contributed by atoms with Gasteiger partial charge in [0.2, 0.25) is 5.91 Å². The van der Waals surface area contributed by atoms with Crippen molar-refractivity contribution >= 4 is 23.1 Å². The van der Waals surface area contributed by atoms with Gasteiger partial charge >= 0.3 is 5.97 Å². The minimum absolute atomic E-state index is 0.160. The van der Waals surface area contributed by atoms with E-state index in [1.54, 1.807) is 32.9 Å². The van der Waals surface area contributed by atoms with Crippen LogP contribution in [0.15, 0.2) is 30.0 Å². The highest BCUT2D eigenvalue weighted by molar-refractivity contribution is 6.06. The maximum atomic E-state index is 12.4. The quantitative estimate of drug-likeness (QED) is 0.743. The van der Waals surface area contributed by atoms with Gasteiger partial charge in [0, 0.05) is 16.6 Å². The number of nitrogens with two attached hydrogens (primary N) is 1. The minimum Gasteiger partial charge on any atom is -0.486 e. The molecular formula is C22H32N2O4. The molecule has 0 bridgehead atoms. The fourth-order valence-electron chi connectivity index (χ4n) is 2.43. The second-order valence-corrected chi connectivity index (χ2v) is 7.50. The molecule has 154 valence electrons. The zero-order chi connectivity index (χ0) is 21.5. The van der Waals surface area contributed by atoms with Crippen molar-refractivity contribution in [2.24, 2.45) is 11.1 Å². The normalized spacial score (nSPS) is 13.2. The van der Waals surface area contributed by atoms with Gasteiger partial charge in [0.1, 0.15) is 17.9 Å². The van der Waals surface area contributed by atoms with E-state index in [0.29, 0.717) is 22.7 Å². The van der Waals surface area contributed by atoms with Crippen LogP contribution >= 0.6 is 0 Å². The lowest BCUT2D eigenvalue weighted by atomic mass is 9.93. The predicted octanol–water partition coefficient (Wildman–Crippen LogP) is 4.51. The van der Waals surface area contributed by atoms with Crippen molar-refractivity contribution < 1.29 is 19.1 Å². The maximum absolute atomic E-state index is 12.4. The number of benzene rings is 1. The lowest BCUT2D eigenvalue weighted by Gasteiger charge is -2.25. The Bertz CT molecular complexity index is 786. The first-order valence-corrected chi connectivity index (χ1v) is 9.43. The second kappa shape index (κ2) is 9.97. The van der Waals surface area contributed by atoms with Gasteiger partial charge in [-0.15, -0.1) is 0 Å². The Morgan fingerprint density at radius 3 is 2.39 bits per heavy atom. The number of carbonyl (C=O) groups is 2. The van der Waals surface area contributed by atoms with Crippen LogP contribution in [-0.2, 0) is 9.53 Å². The highest BCUT2D eigenvalue weighted by atomic mass is 16.5. The third-order valence-corrected chi connectivity index (χ3v) is 3.82. The van der Waals surface area contributed by atoms with Crippen LogP contribution in [0.1, 0.15) is 63.9 Å². The molecule has 0 radical (unpaired) electrons. The summed E-state index contributed by atoms with van der Waals surface area (Å²) in [6, 6.07) is 3.45. The van der Waals surface area contributed by atoms with E-state index in [2.05, 4.69) is 19.2 Å². The zero-order valence-corrected chi connectivity index (χ0v) is 17.9. The largest absolute Gasteiger partial charge is 0.486 e. The van der Waals surface area contributed by atoms with Crippen LogP contribution in [-0.4, -0.2) is 25.6 Å². The molecule has 1 aromatic carbocycles. The monoisotopic (exact) mass is 388 g/mol. The standard InChI is InChI=1S/C19H24N2O4.C3H8/c1-6-7-11-12-8-9-14(21-18(23)19(2,3)4)15(17(22)24-5)16(12)25-10-13(11)20;1-3-2/h6-9H,10,20H2,1-5H3,(H,21,23);3H2,1-2H3/b7-6-;. The average Bonchev–Trinajstić information content (AvgIpc) is 2.63. The fourth-order valence-corrected chi connectivity index (χ4v) is 2.43. The first-order valence-electron chi connectivity index (χ1n) is 9.43. The van der Waals surface area contributed by atoms with Crippen molar-refractivity contribution in [3.05, 3.63) is 41.1 Å². The number of methoxy groups -OCH3 is 1. The van der Waals surface area contributed by atoms with Crippen molar-refractivity contribution in [1.82, 2.24) is 0 Å². The number of rotatable bonds is 3. The Morgan fingerprint density at radius 2 is 1.89 bits per heavy atom. The van der Waals surface area contributed by atoms with Crippen LogP contribution < -0.4 is 15.8 Å². The summed E-state index contributed by atoms with van der Waals surface area (Å²) in [5.41, 5.74) is 8.03. The maximum Gasteiger partial charge on any atom is 0.343 e. The van der Waals surface area contributed by atoms with Gasteiger partial charge in [0.15, 0.2) is 0 Å². The van der Waals surface area contributed by atoms with Crippen molar-refractivity contribution in [1.29, 1.82) is 0 Å². The first-order chi connectivity index (χ1) is 13.1. The summed E-state index contributed by atoms with van der Waals surface area (Å²) in [5, 5.41) is 2.79. The van der Waals surface area contributed by atoms with Crippen molar-refractivity contribution in [3.63, 3.8) is 0 Å². The molecule has 0 unspecified atom stereocenters. The molecule has 0 spiro atoms. The predicted molar refractivity (Wildman–Crippen MR) is 113 cm³/mol. The fraction of sp³-hybridized carbons (Fsp3) is 0.455. The Balaban J connectivity index is 0.00000122. The van der Waals surface area contributed by atoms with Crippen LogP contribution in [0.25, 0.3) is 5.57 Å². The van der Waals surface area contributed by atoms with Gasteiger partial charge in [-0.25, -0.2) is 4.79 Å². The number of ether oxygens (including phenoxy) is 2. The molecule has 3 N–H and O–H groups in total. The number of esters is 1. The van der Waals surface area contributed by atoms with Gasteiger partial charge in [-0.2, -0.15) is 0 Å². The third-order valence-electron chi connectivity index (χ3n) is 3.82. The van der Waals surface area contributed by atoms with Crippen LogP contribution in [0.2, 0.25) is 0 Å². The molecule has 1 aromatic rings. The molecule has 1 heterocycles. The molecule has 6 nitrogen and oxygen atoms in total. The highest BCUT2D eigenvalue weighted by Crippen LogP contribution is 2.39. The first kappa shape index (κ1) is 23.3. The molecule has 6 heteroatoms. The molecule has 1 aliphatic rings. The molecule has 0 saturated heterocycles. The van der Waals surface area contributed by atoms with E-state index >= 15 is 0 Å². The van der Waals surface area contributed by atoms with Gasteiger partial charge in [0.25, 0.3) is 0 Å². The number of nitrogens with one attached hydrogen (secondary N) is 1. The Labute approximate surface area is 167 Å². The summed E-state index contributed by atoms with van der Waals surface area (Å²) in [5.74, 6) is -0.431. The number of hydrogen-bond donors (Lipinski definition) is 2. The number of fused-ring (bicyclic) bond motifs is 1. The highest BCUT2D eigenvalue weighted by Gasteiger charge is 2.29. The zero-order valence-electron chi connectivity index (χ0n) is 17.9. The minimum atomic E-state index is -0.607. The Hall–Kier alpha value is -2.76. The molecule has 2 rings (SSSR count). The van der Waals surface area contributed by atoms with Crippen LogP contribution in [0.4, 0.5) is 5.69 Å². The molecule has 1 amide bonds. The lowest BCUT2D eigenvalue weighted by molar-refractivity contribution is -0.123. The average molecular weight is 389 g/mol. The molecule has 0 atom stereocenters. The molecule has 0 aromatic heterocycles. The van der Waals surface area contributed by atoms with E-state index in [1.165, 1.54) is 13.5 Å². The molecule has 0 aliphatic carbocycles. The van der Waals surface area contributed by atoms with Gasteiger partial charge < -0.3 is 20.5 Å². The van der Waals surface area contributed by atoms with Gasteiger partial charge in [0.05, 0.1) is 18.5 Å². The SMILES string of the molecule is C/C=C\C1=C(N)COc2c1ccc(NC(=O)C(C)(C)C)c2C(=O)OC.CCC. The van der Waals surface area contributed by atoms with Gasteiger partial charge in [-0.05, 0) is 19.1 Å². The number of anilines is 1. The molecule has 0 saturated carbocycles. The topological polar surface area (TPSA) is 90.6 Å². The summed E-state index contributed by atoms with van der Waals surface area (Å²) in [4.78, 5) is 24.7. The molecule has 28 heavy (non-hydrogen) atoms. The van der Waals surface area contributed by atoms with Crippen LogP contribution in [0.3, 0.4) is 0 Å². The van der Waals surface area contributed by atoms with Gasteiger partial charge in [-0.3, -0.25) is 4.79 Å². The number of amides is 1. The summed E-state index contributed by atoms with van der Waals surface area (Å²) in [7, 11) is 1.29. The third kappa shape index (κ3) is 5.38. The van der Waals surface area contributed by atoms with Crippen molar-refractivity contribution in [2.75, 3.05) is 19.0 Å². The lowest BCUT2D eigenvalue weighted by Crippen LogP contribution is -2.29. The second-order valence-electron chi connectivity index (χ2n) is 7.50. The summed E-state index contributed by atoms with van der Waals surface area (Å²) in [6.07, 6.45) is 4.98.